The van der Waals surface area contributed by atoms with E-state index in [-0.39, 0.29) is 36.7 Å². The highest BCUT2D eigenvalue weighted by molar-refractivity contribution is 5.77. The van der Waals surface area contributed by atoms with Gasteiger partial charge in [-0.3, -0.25) is 9.59 Å². The first-order chi connectivity index (χ1) is 18.7. The van der Waals surface area contributed by atoms with Crippen molar-refractivity contribution >= 4 is 17.4 Å². The molecular weight excluding hydrogens is 517 g/mol. The number of nitrogens with one attached hydrogen (secondary N) is 2. The van der Waals surface area contributed by atoms with Crippen LogP contribution in [0.3, 0.4) is 0 Å². The second kappa shape index (κ2) is 13.2. The van der Waals surface area contributed by atoms with E-state index in [0.29, 0.717) is 55.4 Å². The summed E-state index contributed by atoms with van der Waals surface area (Å²) in [5, 5.41) is 10.2. The van der Waals surface area contributed by atoms with Gasteiger partial charge in [-0.25, -0.2) is 4.98 Å². The molecule has 11 nitrogen and oxygen atoms in total. The molecule has 14 heteroatoms. The molecule has 0 aliphatic carbocycles. The smallest absolute Gasteiger partial charge is 0.389 e. The normalized spacial score (nSPS) is 13.6. The van der Waals surface area contributed by atoms with Gasteiger partial charge in [-0.2, -0.15) is 22.7 Å². The predicted octanol–water partition coefficient (Wildman–Crippen LogP) is 2.19. The van der Waals surface area contributed by atoms with E-state index in [1.54, 1.807) is 16.7 Å². The number of fused-ring (bicyclic) bond motifs is 1. The van der Waals surface area contributed by atoms with E-state index in [1.807, 2.05) is 11.8 Å². The Kier molecular flexibility index (Phi) is 10.0. The van der Waals surface area contributed by atoms with Gasteiger partial charge in [0.05, 0.1) is 12.8 Å². The lowest BCUT2D eigenvalue weighted by atomic mass is 10.2. The third kappa shape index (κ3) is 7.13. The van der Waals surface area contributed by atoms with Gasteiger partial charge in [-0.1, -0.05) is 6.92 Å². The van der Waals surface area contributed by atoms with E-state index >= 15 is 0 Å². The summed E-state index contributed by atoms with van der Waals surface area (Å²) >= 11 is 0. The quantitative estimate of drug-likeness (QED) is 0.308. The van der Waals surface area contributed by atoms with E-state index in [0.717, 1.165) is 0 Å². The number of hydrogen-bond acceptors (Lipinski definition) is 8. The summed E-state index contributed by atoms with van der Waals surface area (Å²) in [6.07, 6.45) is -3.52. The van der Waals surface area contributed by atoms with Crippen LogP contribution in [0.15, 0.2) is 36.3 Å². The Morgan fingerprint density at radius 2 is 1.97 bits per heavy atom. The molecule has 0 saturated carbocycles. The van der Waals surface area contributed by atoms with Gasteiger partial charge in [-0.15, -0.1) is 18.3 Å². The van der Waals surface area contributed by atoms with E-state index in [4.69, 9.17) is 4.74 Å². The Morgan fingerprint density at radius 1 is 1.26 bits per heavy atom. The van der Waals surface area contributed by atoms with Gasteiger partial charge in [0.25, 0.3) is 5.56 Å². The van der Waals surface area contributed by atoms with Gasteiger partial charge in [0, 0.05) is 57.0 Å². The fourth-order valence-corrected chi connectivity index (χ4v) is 4.32. The first kappa shape index (κ1) is 29.6. The molecule has 1 fully saturated rings. The van der Waals surface area contributed by atoms with Crippen LogP contribution in [0.4, 0.5) is 18.9 Å². The van der Waals surface area contributed by atoms with Gasteiger partial charge < -0.3 is 24.8 Å². The highest BCUT2D eigenvalue weighted by atomic mass is 19.4. The van der Waals surface area contributed by atoms with Crippen LogP contribution in [-0.2, 0) is 17.8 Å². The second-order valence-corrected chi connectivity index (χ2v) is 8.58. The van der Waals surface area contributed by atoms with Crippen LogP contribution in [0.1, 0.15) is 25.5 Å². The van der Waals surface area contributed by atoms with Crippen LogP contribution >= 0.6 is 0 Å². The van der Waals surface area contributed by atoms with E-state index < -0.39 is 18.5 Å². The number of piperazine rings is 1. The number of ether oxygens (including phenoxy) is 1. The third-order valence-corrected chi connectivity index (χ3v) is 6.06. The number of anilines is 1. The molecule has 0 atom stereocenters. The zero-order valence-electron chi connectivity index (χ0n) is 22.1. The Hall–Kier alpha value is -3.94. The molecule has 0 unspecified atom stereocenters. The number of alkyl halides is 3. The molecule has 2 N–H and O–H groups in total. The molecule has 3 aromatic rings. The standard InChI is InChI=1S/C23H29F3N8O3.C2H4/c1-3-16-19(32-11-9-27-10-12-32)21(36)34-22(30-20(31-34)15-5-8-29-18(13-15)37-2)33(16)14-17(35)28-7-4-6-23(24,25)26;1-2/h5,8,13,27H,3-4,6-7,9-12,14H2,1-2H3,(H,28,35);1-2H2. The van der Waals surface area contributed by atoms with Crippen molar-refractivity contribution in [1.82, 2.24) is 34.8 Å². The van der Waals surface area contributed by atoms with Crippen molar-refractivity contribution in [3.63, 3.8) is 0 Å². The minimum absolute atomic E-state index is 0.115. The minimum atomic E-state index is -4.28. The molecule has 1 saturated heterocycles. The largest absolute Gasteiger partial charge is 0.481 e. The third-order valence-electron chi connectivity index (χ3n) is 6.06. The van der Waals surface area contributed by atoms with Crippen molar-refractivity contribution in [2.24, 2.45) is 0 Å². The number of rotatable bonds is 9. The number of methoxy groups -OCH3 is 1. The lowest BCUT2D eigenvalue weighted by Gasteiger charge is -2.31. The Bertz CT molecular complexity index is 1330. The van der Waals surface area contributed by atoms with Crippen LogP contribution in [0, 0.1) is 0 Å². The van der Waals surface area contributed by atoms with E-state index in [1.165, 1.54) is 17.8 Å². The molecule has 1 aliphatic heterocycles. The van der Waals surface area contributed by atoms with Crippen LogP contribution in [0.2, 0.25) is 0 Å². The highest BCUT2D eigenvalue weighted by Crippen LogP contribution is 2.24. The van der Waals surface area contributed by atoms with Crippen molar-refractivity contribution < 1.29 is 22.7 Å². The zero-order valence-corrected chi connectivity index (χ0v) is 22.1. The maximum atomic E-state index is 13.7. The predicted molar refractivity (Wildman–Crippen MR) is 141 cm³/mol. The molecule has 0 spiro atoms. The molecule has 4 heterocycles. The average molecular weight is 551 g/mol. The summed E-state index contributed by atoms with van der Waals surface area (Å²) in [6, 6.07) is 3.31. The van der Waals surface area contributed by atoms with Gasteiger partial charge in [0.15, 0.2) is 5.82 Å². The summed E-state index contributed by atoms with van der Waals surface area (Å²) in [5.74, 6) is 0.276. The summed E-state index contributed by atoms with van der Waals surface area (Å²) in [6.45, 7) is 10.1. The second-order valence-electron chi connectivity index (χ2n) is 8.58. The van der Waals surface area contributed by atoms with Crippen LogP contribution < -0.4 is 25.8 Å². The number of hydrogen-bond donors (Lipinski definition) is 2. The lowest BCUT2D eigenvalue weighted by Crippen LogP contribution is -2.47. The molecule has 4 rings (SSSR count). The molecule has 39 heavy (non-hydrogen) atoms. The minimum Gasteiger partial charge on any atom is -0.481 e. The molecule has 0 radical (unpaired) electrons. The highest BCUT2D eigenvalue weighted by Gasteiger charge is 2.27. The molecular formula is C25H33F3N8O3. The number of aromatic nitrogens is 5. The first-order valence-corrected chi connectivity index (χ1v) is 12.5. The van der Waals surface area contributed by atoms with Crippen molar-refractivity contribution in [2.75, 3.05) is 44.7 Å². The molecule has 212 valence electrons. The summed E-state index contributed by atoms with van der Waals surface area (Å²) < 4.78 is 45.4. The SMILES string of the molecule is C=C.CCc1c(N2CCNCC2)c(=O)n2nc(-c3ccnc(OC)c3)nc2n1CC(=O)NCCCC(F)(F)F. The number of carbonyl (C=O) groups is 1. The Balaban J connectivity index is 0.00000205. The van der Waals surface area contributed by atoms with Gasteiger partial charge >= 0.3 is 6.18 Å². The first-order valence-electron chi connectivity index (χ1n) is 12.5. The Morgan fingerprint density at radius 3 is 2.62 bits per heavy atom. The van der Waals surface area contributed by atoms with Gasteiger partial charge in [0.2, 0.25) is 17.6 Å². The molecule has 1 aliphatic rings. The van der Waals surface area contributed by atoms with E-state index in [2.05, 4.69) is 38.9 Å². The van der Waals surface area contributed by atoms with Gasteiger partial charge in [-0.05, 0) is 18.9 Å². The summed E-state index contributed by atoms with van der Waals surface area (Å²) in [5.41, 5.74) is 1.26. The maximum absolute atomic E-state index is 13.7. The molecule has 0 bridgehead atoms. The Labute approximate surface area is 223 Å². The molecule has 3 aromatic heterocycles. The molecule has 1 amide bonds. The lowest BCUT2D eigenvalue weighted by molar-refractivity contribution is -0.136. The van der Waals surface area contributed by atoms with E-state index in [9.17, 15) is 22.8 Å². The monoisotopic (exact) mass is 550 g/mol. The number of amides is 1. The van der Waals surface area contributed by atoms with Crippen molar-refractivity contribution in [2.45, 2.75) is 38.9 Å². The summed E-state index contributed by atoms with van der Waals surface area (Å²) in [7, 11) is 1.48. The maximum Gasteiger partial charge on any atom is 0.389 e. The average Bonchev–Trinajstić information content (AvgIpc) is 3.40. The van der Waals surface area contributed by atoms with Crippen LogP contribution in [-0.4, -0.2) is 76.1 Å². The van der Waals surface area contributed by atoms with Crippen molar-refractivity contribution in [3.8, 4) is 17.3 Å². The number of carbonyl (C=O) groups excluding carboxylic acids is 1. The number of nitrogens with zero attached hydrogens (tertiary/aromatic N) is 6. The topological polar surface area (TPSA) is 119 Å². The van der Waals surface area contributed by atoms with Gasteiger partial charge in [0.1, 0.15) is 12.2 Å². The fourth-order valence-electron chi connectivity index (χ4n) is 4.32. The zero-order chi connectivity index (χ0) is 28.6. The van der Waals surface area contributed by atoms with Crippen LogP contribution in [0.5, 0.6) is 5.88 Å². The number of halogens is 3. The fraction of sp³-hybridized carbons (Fsp3) is 0.480. The van der Waals surface area contributed by atoms with Crippen molar-refractivity contribution in [3.05, 3.63) is 47.5 Å². The van der Waals surface area contributed by atoms with Crippen LogP contribution in [0.25, 0.3) is 17.2 Å². The number of pyridine rings is 1. The summed E-state index contributed by atoms with van der Waals surface area (Å²) in [4.78, 5) is 37.1. The van der Waals surface area contributed by atoms with Crippen molar-refractivity contribution in [1.29, 1.82) is 0 Å². The molecule has 0 aromatic carbocycles.